The number of likely N-dealkylation sites (tertiary alicyclic amines) is 1. The van der Waals surface area contributed by atoms with Crippen LogP contribution in [0.2, 0.25) is 0 Å². The predicted octanol–water partition coefficient (Wildman–Crippen LogP) is 2.81. The second-order valence-corrected chi connectivity index (χ2v) is 8.85. The Bertz CT molecular complexity index is 1210. The van der Waals surface area contributed by atoms with E-state index in [1.165, 1.54) is 26.2 Å². The number of carbonyl (C=O) groups excluding carboxylic acids is 3. The van der Waals surface area contributed by atoms with Crippen molar-refractivity contribution in [1.82, 2.24) is 14.8 Å². The van der Waals surface area contributed by atoms with E-state index in [4.69, 9.17) is 14.2 Å². The number of aromatic nitrogens is 1. The third kappa shape index (κ3) is 4.68. The highest BCUT2D eigenvalue weighted by atomic mass is 16.5. The molecule has 0 aliphatic carbocycles. The molecule has 10 heteroatoms. The lowest BCUT2D eigenvalue weighted by molar-refractivity contribution is -0.140. The van der Waals surface area contributed by atoms with Crippen molar-refractivity contribution < 1.29 is 33.7 Å². The molecule has 0 bridgehead atoms. The van der Waals surface area contributed by atoms with Gasteiger partial charge >= 0.3 is 5.97 Å². The van der Waals surface area contributed by atoms with Crippen molar-refractivity contribution in [2.24, 2.45) is 0 Å². The molecule has 1 amide bonds. The number of Topliss-reactive ketones (excluding diaryl/α,β-unsaturated/α-hetero) is 1. The quantitative estimate of drug-likeness (QED) is 0.234. The monoisotopic (exact) mass is 499 g/mol. The minimum absolute atomic E-state index is 0.0852. The number of rotatable bonds is 9. The lowest BCUT2D eigenvalue weighted by atomic mass is 9.93. The summed E-state index contributed by atoms with van der Waals surface area (Å²) in [5.41, 5.74) is 1.72. The molecular formula is C26H33N3O7. The second kappa shape index (κ2) is 10.9. The topological polar surface area (TPSA) is 121 Å². The number of aliphatic hydroxyl groups excluding tert-OH is 1. The summed E-state index contributed by atoms with van der Waals surface area (Å²) in [6.45, 7) is 4.29. The van der Waals surface area contributed by atoms with Gasteiger partial charge in [0.2, 0.25) is 0 Å². The maximum Gasteiger partial charge on any atom is 0.354 e. The third-order valence-corrected chi connectivity index (χ3v) is 6.34. The van der Waals surface area contributed by atoms with E-state index < -0.39 is 23.7 Å². The number of hydrogen-bond donors (Lipinski definition) is 2. The van der Waals surface area contributed by atoms with Crippen LogP contribution in [0.3, 0.4) is 0 Å². The fraction of sp³-hybridized carbons (Fsp3) is 0.423. The van der Waals surface area contributed by atoms with E-state index in [9.17, 15) is 19.5 Å². The Labute approximate surface area is 210 Å². The molecule has 1 fully saturated rings. The van der Waals surface area contributed by atoms with Gasteiger partial charge in [0.25, 0.3) is 11.7 Å². The summed E-state index contributed by atoms with van der Waals surface area (Å²) < 4.78 is 15.9. The highest BCUT2D eigenvalue weighted by molar-refractivity contribution is 6.46. The number of ketones is 1. The summed E-state index contributed by atoms with van der Waals surface area (Å²) in [4.78, 5) is 45.2. The average molecular weight is 500 g/mol. The number of amides is 1. The maximum absolute atomic E-state index is 13.4. The van der Waals surface area contributed by atoms with Gasteiger partial charge in [-0.2, -0.15) is 0 Å². The first-order valence-electron chi connectivity index (χ1n) is 11.5. The number of nitrogens with zero attached hydrogens (tertiary/aromatic N) is 2. The zero-order valence-corrected chi connectivity index (χ0v) is 21.7. The first-order chi connectivity index (χ1) is 17.1. The highest BCUT2D eigenvalue weighted by Gasteiger charge is 2.47. The van der Waals surface area contributed by atoms with Crippen LogP contribution in [0.15, 0.2) is 23.8 Å². The number of para-hydroxylation sites is 1. The van der Waals surface area contributed by atoms with Crippen LogP contribution in [0.5, 0.6) is 11.5 Å². The minimum atomic E-state index is -0.924. The van der Waals surface area contributed by atoms with E-state index in [2.05, 4.69) is 4.98 Å². The molecule has 1 saturated heterocycles. The second-order valence-electron chi connectivity index (χ2n) is 8.85. The molecule has 1 aromatic heterocycles. The number of aromatic amines is 1. The van der Waals surface area contributed by atoms with Crippen molar-refractivity contribution in [1.29, 1.82) is 0 Å². The van der Waals surface area contributed by atoms with E-state index in [-0.39, 0.29) is 29.1 Å². The minimum Gasteiger partial charge on any atom is -0.507 e. The molecule has 2 heterocycles. The standard InChI is InChI=1S/C26H33N3O7/c1-14-18(15(2)27-20(14)26(33)36-7)22(30)19-21(16-10-8-11-17(34-5)24(16)35-6)29(25(32)23(19)31)13-9-12-28(3)4/h8,10-11,21,27,30H,9,12-13H2,1-7H3/b22-19+/t21-/m0/s1. The van der Waals surface area contributed by atoms with Crippen LogP contribution in [0.4, 0.5) is 0 Å². The Hall–Kier alpha value is -3.79. The van der Waals surface area contributed by atoms with E-state index in [1.54, 1.807) is 32.0 Å². The first kappa shape index (κ1) is 26.8. The molecule has 0 saturated carbocycles. The van der Waals surface area contributed by atoms with Crippen LogP contribution in [0.1, 0.15) is 45.3 Å². The van der Waals surface area contributed by atoms with Gasteiger partial charge in [-0.25, -0.2) is 4.79 Å². The van der Waals surface area contributed by atoms with Gasteiger partial charge in [0, 0.05) is 23.4 Å². The Kier molecular flexibility index (Phi) is 8.09. The lowest BCUT2D eigenvalue weighted by Crippen LogP contribution is -2.32. The number of H-pyrrole nitrogens is 1. The number of aliphatic hydroxyl groups is 1. The normalized spacial score (nSPS) is 17.1. The molecule has 36 heavy (non-hydrogen) atoms. The van der Waals surface area contributed by atoms with Crippen LogP contribution >= 0.6 is 0 Å². The maximum atomic E-state index is 13.4. The fourth-order valence-corrected chi connectivity index (χ4v) is 4.66. The molecule has 1 atom stereocenters. The molecule has 2 N–H and O–H groups in total. The van der Waals surface area contributed by atoms with Crippen molar-refractivity contribution in [2.45, 2.75) is 26.3 Å². The van der Waals surface area contributed by atoms with E-state index >= 15 is 0 Å². The summed E-state index contributed by atoms with van der Waals surface area (Å²) in [5, 5.41) is 11.5. The van der Waals surface area contributed by atoms with Crippen molar-refractivity contribution in [2.75, 3.05) is 48.5 Å². The molecule has 2 aromatic rings. The van der Waals surface area contributed by atoms with Gasteiger partial charge in [0.15, 0.2) is 11.5 Å². The SMILES string of the molecule is COC(=O)c1[nH]c(C)c(/C(O)=C2\C(=O)C(=O)N(CCCN(C)C)[C@H]2c2cccc(OC)c2OC)c1C. The zero-order valence-electron chi connectivity index (χ0n) is 21.7. The van der Waals surface area contributed by atoms with Crippen molar-refractivity contribution in [3.63, 3.8) is 0 Å². The number of hydrogen-bond acceptors (Lipinski definition) is 8. The van der Waals surface area contributed by atoms with Crippen molar-refractivity contribution >= 4 is 23.4 Å². The average Bonchev–Trinajstić information content (AvgIpc) is 3.29. The summed E-state index contributed by atoms with van der Waals surface area (Å²) in [6.07, 6.45) is 0.609. The molecule has 10 nitrogen and oxygen atoms in total. The summed E-state index contributed by atoms with van der Waals surface area (Å²) in [5.74, 6) is -1.73. The molecule has 0 spiro atoms. The number of aryl methyl sites for hydroxylation is 1. The van der Waals surface area contributed by atoms with Crippen molar-refractivity contribution in [3.05, 3.63) is 51.9 Å². The number of nitrogens with one attached hydrogen (secondary N) is 1. The molecular weight excluding hydrogens is 466 g/mol. The molecule has 1 aliphatic heterocycles. The first-order valence-corrected chi connectivity index (χ1v) is 11.5. The van der Waals surface area contributed by atoms with Crippen LogP contribution in [0.25, 0.3) is 5.76 Å². The van der Waals surface area contributed by atoms with Gasteiger partial charge in [0.05, 0.1) is 32.9 Å². The number of benzene rings is 1. The van der Waals surface area contributed by atoms with E-state index in [0.29, 0.717) is 41.3 Å². The Morgan fingerprint density at radius 1 is 1.14 bits per heavy atom. The van der Waals surface area contributed by atoms with Gasteiger partial charge in [0.1, 0.15) is 11.5 Å². The lowest BCUT2D eigenvalue weighted by Gasteiger charge is -2.27. The number of esters is 1. The fourth-order valence-electron chi connectivity index (χ4n) is 4.66. The van der Waals surface area contributed by atoms with Crippen LogP contribution in [-0.4, -0.2) is 86.1 Å². The largest absolute Gasteiger partial charge is 0.507 e. The van der Waals surface area contributed by atoms with Crippen LogP contribution in [-0.2, 0) is 14.3 Å². The van der Waals surface area contributed by atoms with Gasteiger partial charge in [-0.1, -0.05) is 12.1 Å². The summed E-state index contributed by atoms with van der Waals surface area (Å²) >= 11 is 0. The Morgan fingerprint density at radius 3 is 2.42 bits per heavy atom. The molecule has 0 unspecified atom stereocenters. The molecule has 1 aromatic carbocycles. The smallest absolute Gasteiger partial charge is 0.354 e. The van der Waals surface area contributed by atoms with Crippen LogP contribution < -0.4 is 9.47 Å². The van der Waals surface area contributed by atoms with Gasteiger partial charge in [-0.15, -0.1) is 0 Å². The highest BCUT2D eigenvalue weighted by Crippen LogP contribution is 2.46. The van der Waals surface area contributed by atoms with E-state index in [0.717, 1.165) is 0 Å². The van der Waals surface area contributed by atoms with Gasteiger partial charge < -0.3 is 34.1 Å². The summed E-state index contributed by atoms with van der Waals surface area (Å²) in [7, 11) is 8.07. The molecule has 3 rings (SSSR count). The van der Waals surface area contributed by atoms with Crippen molar-refractivity contribution in [3.8, 4) is 11.5 Å². The van der Waals surface area contributed by atoms with E-state index in [1.807, 2.05) is 19.0 Å². The molecule has 1 aliphatic rings. The predicted molar refractivity (Wildman–Crippen MR) is 133 cm³/mol. The Balaban J connectivity index is 2.27. The van der Waals surface area contributed by atoms with Gasteiger partial charge in [-0.05, 0) is 52.5 Å². The Morgan fingerprint density at radius 2 is 1.83 bits per heavy atom. The third-order valence-electron chi connectivity index (χ3n) is 6.34. The zero-order chi connectivity index (χ0) is 26.7. The van der Waals surface area contributed by atoms with Gasteiger partial charge in [-0.3, -0.25) is 9.59 Å². The molecule has 194 valence electrons. The summed E-state index contributed by atoms with van der Waals surface area (Å²) in [6, 6.07) is 4.26. The number of methoxy groups -OCH3 is 3. The van der Waals surface area contributed by atoms with Crippen LogP contribution in [0, 0.1) is 13.8 Å². The molecule has 0 radical (unpaired) electrons. The number of ether oxygens (including phenoxy) is 3. The number of carbonyl (C=O) groups is 3.